The lowest BCUT2D eigenvalue weighted by atomic mass is 10.1. The number of ether oxygens (including phenoxy) is 2. The van der Waals surface area contributed by atoms with Crippen LogP contribution in [-0.2, 0) is 9.59 Å². The second-order valence-electron chi connectivity index (χ2n) is 7.39. The Morgan fingerprint density at radius 2 is 1.91 bits per heavy atom. The third-order valence-corrected chi connectivity index (χ3v) is 6.04. The number of fused-ring (bicyclic) bond motifs is 1. The normalized spacial score (nSPS) is 17.5. The fourth-order valence-corrected chi connectivity index (χ4v) is 4.38. The van der Waals surface area contributed by atoms with Gasteiger partial charge in [0.05, 0.1) is 11.6 Å². The number of nitrogens with zero attached hydrogens (tertiary/aromatic N) is 2. The molecule has 7 nitrogen and oxygen atoms in total. The van der Waals surface area contributed by atoms with Crippen LogP contribution in [0.15, 0.2) is 41.8 Å². The number of benzene rings is 2. The van der Waals surface area contributed by atoms with E-state index in [0.29, 0.717) is 46.8 Å². The van der Waals surface area contributed by atoms with Gasteiger partial charge in [-0.05, 0) is 30.3 Å². The van der Waals surface area contributed by atoms with Crippen LogP contribution in [0.2, 0.25) is 0 Å². The minimum absolute atomic E-state index is 0.0711. The first kappa shape index (κ1) is 20.4. The van der Waals surface area contributed by atoms with E-state index in [2.05, 4.69) is 10.3 Å². The van der Waals surface area contributed by atoms with Gasteiger partial charge < -0.3 is 19.7 Å². The maximum Gasteiger partial charge on any atom is 0.231 e. The van der Waals surface area contributed by atoms with Gasteiger partial charge in [-0.1, -0.05) is 0 Å². The van der Waals surface area contributed by atoms with E-state index < -0.39 is 17.6 Å². The molecule has 1 saturated heterocycles. The first-order valence-corrected chi connectivity index (χ1v) is 10.8. The van der Waals surface area contributed by atoms with Crippen LogP contribution in [0.4, 0.5) is 19.6 Å². The van der Waals surface area contributed by atoms with E-state index in [1.807, 2.05) is 0 Å². The van der Waals surface area contributed by atoms with Crippen molar-refractivity contribution in [2.24, 2.45) is 5.92 Å². The molecule has 32 heavy (non-hydrogen) atoms. The highest BCUT2D eigenvalue weighted by Gasteiger charge is 2.36. The van der Waals surface area contributed by atoms with Crippen LogP contribution < -0.4 is 19.7 Å². The molecule has 0 bridgehead atoms. The largest absolute Gasteiger partial charge is 0.486 e. The number of nitrogens with one attached hydrogen (secondary N) is 1. The Kier molecular flexibility index (Phi) is 5.22. The van der Waals surface area contributed by atoms with Gasteiger partial charge >= 0.3 is 0 Å². The van der Waals surface area contributed by atoms with Crippen molar-refractivity contribution in [1.82, 2.24) is 4.98 Å². The molecule has 2 aliphatic rings. The minimum atomic E-state index is -0.968. The predicted octanol–water partition coefficient (Wildman–Crippen LogP) is 3.85. The van der Waals surface area contributed by atoms with E-state index >= 15 is 0 Å². The number of rotatable bonds is 4. The quantitative estimate of drug-likeness (QED) is 0.644. The fraction of sp³-hybridized carbons (Fsp3) is 0.227. The maximum atomic E-state index is 13.5. The summed E-state index contributed by atoms with van der Waals surface area (Å²) in [6.45, 7) is 1.15. The molecule has 164 valence electrons. The number of halogens is 2. The second-order valence-corrected chi connectivity index (χ2v) is 8.25. The molecular formula is C22H17F2N3O4S. The molecule has 0 radical (unpaired) electrons. The van der Waals surface area contributed by atoms with Crippen molar-refractivity contribution in [3.63, 3.8) is 0 Å². The second kappa shape index (κ2) is 8.19. The Morgan fingerprint density at radius 3 is 2.72 bits per heavy atom. The smallest absolute Gasteiger partial charge is 0.231 e. The Morgan fingerprint density at radius 1 is 1.09 bits per heavy atom. The van der Waals surface area contributed by atoms with Gasteiger partial charge in [0, 0.05) is 35.7 Å². The Balaban J connectivity index is 1.26. The van der Waals surface area contributed by atoms with E-state index in [4.69, 9.17) is 9.47 Å². The van der Waals surface area contributed by atoms with Gasteiger partial charge in [0.25, 0.3) is 0 Å². The number of carbonyl (C=O) groups is 2. The minimum Gasteiger partial charge on any atom is -0.486 e. The van der Waals surface area contributed by atoms with Crippen molar-refractivity contribution in [2.45, 2.75) is 6.42 Å². The highest BCUT2D eigenvalue weighted by Crippen LogP contribution is 2.36. The molecule has 2 amide bonds. The van der Waals surface area contributed by atoms with Crippen LogP contribution in [0.25, 0.3) is 11.3 Å². The average molecular weight is 457 g/mol. The van der Waals surface area contributed by atoms with E-state index in [-0.39, 0.29) is 24.8 Å². The summed E-state index contributed by atoms with van der Waals surface area (Å²) in [5.41, 5.74) is 1.47. The van der Waals surface area contributed by atoms with E-state index in [1.54, 1.807) is 28.5 Å². The summed E-state index contributed by atoms with van der Waals surface area (Å²) in [6.07, 6.45) is 0.0711. The molecule has 10 heteroatoms. The van der Waals surface area contributed by atoms with Crippen LogP contribution >= 0.6 is 11.3 Å². The summed E-state index contributed by atoms with van der Waals surface area (Å²) in [4.78, 5) is 31.1. The highest BCUT2D eigenvalue weighted by atomic mass is 32.1. The number of hydrogen-bond donors (Lipinski definition) is 1. The molecule has 0 aliphatic carbocycles. The SMILES string of the molecule is O=C(Nc1nc(-c2ccc(F)c(F)c2)cs1)[C@H]1CC(=O)N(c2ccc3c(c2)OCCO3)C1. The van der Waals surface area contributed by atoms with Crippen molar-refractivity contribution in [3.05, 3.63) is 53.4 Å². The zero-order valence-electron chi connectivity index (χ0n) is 16.6. The van der Waals surface area contributed by atoms with Gasteiger partial charge in [-0.3, -0.25) is 9.59 Å². The Bertz CT molecular complexity index is 1220. The van der Waals surface area contributed by atoms with Crippen molar-refractivity contribution < 1.29 is 27.8 Å². The topological polar surface area (TPSA) is 80.8 Å². The molecule has 3 aromatic rings. The third kappa shape index (κ3) is 3.89. The van der Waals surface area contributed by atoms with Crippen molar-refractivity contribution >= 4 is 34.0 Å². The molecule has 1 N–H and O–H groups in total. The van der Waals surface area contributed by atoms with E-state index in [9.17, 15) is 18.4 Å². The van der Waals surface area contributed by atoms with Crippen molar-refractivity contribution in [2.75, 3.05) is 30.0 Å². The van der Waals surface area contributed by atoms with Crippen LogP contribution in [0.3, 0.4) is 0 Å². The molecule has 0 spiro atoms. The summed E-state index contributed by atoms with van der Waals surface area (Å²) >= 11 is 1.17. The van der Waals surface area contributed by atoms with Crippen molar-refractivity contribution in [3.8, 4) is 22.8 Å². The molecule has 2 aromatic carbocycles. The number of hydrogen-bond acceptors (Lipinski definition) is 6. The van der Waals surface area contributed by atoms with Crippen LogP contribution in [0, 0.1) is 17.6 Å². The van der Waals surface area contributed by atoms with Crippen LogP contribution in [0.1, 0.15) is 6.42 Å². The summed E-state index contributed by atoms with van der Waals surface area (Å²) in [6, 6.07) is 8.75. The Labute approximate surface area is 185 Å². The number of carbonyl (C=O) groups excluding carboxylic acids is 2. The molecule has 0 unspecified atom stereocenters. The number of anilines is 2. The molecule has 1 atom stereocenters. The molecule has 3 heterocycles. The molecule has 5 rings (SSSR count). The summed E-state index contributed by atoms with van der Waals surface area (Å²) in [5, 5.41) is 4.68. The lowest BCUT2D eigenvalue weighted by Crippen LogP contribution is -2.28. The monoisotopic (exact) mass is 457 g/mol. The predicted molar refractivity (Wildman–Crippen MR) is 114 cm³/mol. The van der Waals surface area contributed by atoms with Gasteiger partial charge in [-0.25, -0.2) is 13.8 Å². The molecule has 2 aliphatic heterocycles. The lowest BCUT2D eigenvalue weighted by Gasteiger charge is -2.22. The van der Waals surface area contributed by atoms with Gasteiger partial charge in [0.15, 0.2) is 28.3 Å². The first-order valence-electron chi connectivity index (χ1n) is 9.90. The van der Waals surface area contributed by atoms with Gasteiger partial charge in [0.1, 0.15) is 13.2 Å². The third-order valence-electron chi connectivity index (χ3n) is 5.28. The van der Waals surface area contributed by atoms with Crippen LogP contribution in [-0.4, -0.2) is 36.6 Å². The molecule has 1 fully saturated rings. The summed E-state index contributed by atoms with van der Waals surface area (Å²) in [5.74, 6) is -1.75. The number of thiazole rings is 1. The molecular weight excluding hydrogens is 440 g/mol. The Hall–Kier alpha value is -3.53. The molecule has 0 saturated carbocycles. The lowest BCUT2D eigenvalue weighted by molar-refractivity contribution is -0.122. The highest BCUT2D eigenvalue weighted by molar-refractivity contribution is 7.14. The van der Waals surface area contributed by atoms with Gasteiger partial charge in [-0.2, -0.15) is 0 Å². The average Bonchev–Trinajstić information content (AvgIpc) is 3.42. The zero-order chi connectivity index (χ0) is 22.2. The first-order chi connectivity index (χ1) is 15.5. The van der Waals surface area contributed by atoms with Crippen molar-refractivity contribution in [1.29, 1.82) is 0 Å². The van der Waals surface area contributed by atoms with E-state index in [0.717, 1.165) is 12.1 Å². The van der Waals surface area contributed by atoms with Gasteiger partial charge in [0.2, 0.25) is 11.8 Å². The van der Waals surface area contributed by atoms with Crippen LogP contribution in [0.5, 0.6) is 11.5 Å². The standard InChI is InChI=1S/C22H17F2N3O4S/c23-15-3-1-12(7-16(15)24)17-11-32-22(25-17)26-21(29)13-8-20(28)27(10-13)14-2-4-18-19(9-14)31-6-5-30-18/h1-4,7,9,11,13H,5-6,8,10H2,(H,25,26,29)/t13-/m0/s1. The number of amides is 2. The fourth-order valence-electron chi connectivity index (χ4n) is 3.66. The zero-order valence-corrected chi connectivity index (χ0v) is 17.5. The van der Waals surface area contributed by atoms with E-state index in [1.165, 1.54) is 17.4 Å². The number of aromatic nitrogens is 1. The summed E-state index contributed by atoms with van der Waals surface area (Å²) in [7, 11) is 0. The molecule has 1 aromatic heterocycles. The maximum absolute atomic E-state index is 13.5. The summed E-state index contributed by atoms with van der Waals surface area (Å²) < 4.78 is 37.7. The van der Waals surface area contributed by atoms with Gasteiger partial charge in [-0.15, -0.1) is 11.3 Å².